The first-order valence-electron chi connectivity index (χ1n) is 14.5. The van der Waals surface area contributed by atoms with Crippen LogP contribution in [-0.4, -0.2) is 0 Å². The zero-order chi connectivity index (χ0) is 27.7. The van der Waals surface area contributed by atoms with E-state index in [1.807, 2.05) is 0 Å². The average molecular weight is 535 g/mol. The van der Waals surface area contributed by atoms with E-state index in [2.05, 4.69) is 158 Å². The zero-order valence-electron chi connectivity index (χ0n) is 22.9. The van der Waals surface area contributed by atoms with Crippen LogP contribution in [0.25, 0.3) is 44.2 Å². The van der Waals surface area contributed by atoms with E-state index in [-0.39, 0.29) is 0 Å². The average Bonchev–Trinajstić information content (AvgIpc) is 3.37. The lowest BCUT2D eigenvalue weighted by molar-refractivity contribution is 0.489. The van der Waals surface area contributed by atoms with Crippen molar-refractivity contribution in [2.24, 2.45) is 0 Å². The molecule has 2 aliphatic rings. The second-order valence-electron chi connectivity index (χ2n) is 11.2. The molecule has 7 aromatic carbocycles. The minimum atomic E-state index is -0.432. The Morgan fingerprint density at radius 3 is 1.76 bits per heavy atom. The van der Waals surface area contributed by atoms with Gasteiger partial charge in [0.05, 0.1) is 5.41 Å². The number of hydrogen-bond donors (Lipinski definition) is 0. The predicted molar refractivity (Wildman–Crippen MR) is 172 cm³/mol. The van der Waals surface area contributed by atoms with Crippen LogP contribution in [0.3, 0.4) is 0 Å². The smallest absolute Gasteiger partial charge is 0.143 e. The van der Waals surface area contributed by atoms with Gasteiger partial charge >= 0.3 is 0 Å². The van der Waals surface area contributed by atoms with E-state index < -0.39 is 5.41 Å². The Balaban J connectivity index is 1.31. The van der Waals surface area contributed by atoms with Crippen molar-refractivity contribution >= 4 is 10.8 Å². The summed E-state index contributed by atoms with van der Waals surface area (Å²) in [5, 5.41) is 2.38. The molecule has 0 fully saturated rings. The van der Waals surface area contributed by atoms with Gasteiger partial charge in [-0.05, 0) is 62.0 Å². The predicted octanol–water partition coefficient (Wildman–Crippen LogP) is 10.6. The molecule has 0 saturated carbocycles. The summed E-state index contributed by atoms with van der Waals surface area (Å²) in [5.74, 6) is 1.83. The third kappa shape index (κ3) is 3.08. The van der Waals surface area contributed by atoms with Crippen molar-refractivity contribution in [3.63, 3.8) is 0 Å². The van der Waals surface area contributed by atoms with Crippen LogP contribution < -0.4 is 4.74 Å². The number of fused-ring (bicyclic) bond motifs is 5. The molecule has 0 aromatic heterocycles. The van der Waals surface area contributed by atoms with E-state index in [0.29, 0.717) is 0 Å². The Hall–Kier alpha value is -5.40. The Kier molecular flexibility index (Phi) is 4.88. The van der Waals surface area contributed by atoms with E-state index in [0.717, 1.165) is 28.2 Å². The summed E-state index contributed by atoms with van der Waals surface area (Å²) < 4.78 is 6.72. The first kappa shape index (κ1) is 23.3. The number of para-hydroxylation sites is 1. The quantitative estimate of drug-likeness (QED) is 0.219. The lowest BCUT2D eigenvalue weighted by Crippen LogP contribution is -2.28. The Labute approximate surface area is 245 Å². The van der Waals surface area contributed by atoms with Gasteiger partial charge in [0.1, 0.15) is 11.5 Å². The molecule has 0 radical (unpaired) electrons. The standard InChI is InChI=1S/C41H26O/c1-2-15-29(16-3-1)41(36-23-6-4-18-32(36)33-19-5-7-24-37(33)41)30-17-8-14-28(26-30)31-20-11-22-35-34-21-9-12-27-13-10-25-38(39(27)34)42-40(31)35/h1-26H. The molecule has 0 unspecified atom stereocenters. The van der Waals surface area contributed by atoms with E-state index in [9.17, 15) is 0 Å². The SMILES string of the molecule is c1ccc(C2(c3cccc(-c4cccc5c4Oc4cccc6cccc-5c46)c3)c3ccccc3-c3ccccc32)cc1. The van der Waals surface area contributed by atoms with Crippen LogP contribution in [0.5, 0.6) is 11.5 Å². The summed E-state index contributed by atoms with van der Waals surface area (Å²) in [5.41, 5.74) is 11.9. The molecule has 1 heteroatoms. The van der Waals surface area contributed by atoms with Crippen LogP contribution in [0.4, 0.5) is 0 Å². The molecule has 1 aliphatic carbocycles. The highest BCUT2D eigenvalue weighted by atomic mass is 16.5. The van der Waals surface area contributed by atoms with Gasteiger partial charge in [-0.2, -0.15) is 0 Å². The lowest BCUT2D eigenvalue weighted by Gasteiger charge is -2.34. The van der Waals surface area contributed by atoms with Crippen LogP contribution >= 0.6 is 0 Å². The Morgan fingerprint density at radius 2 is 0.976 bits per heavy atom. The molecule has 0 spiro atoms. The first-order chi connectivity index (χ1) is 20.8. The summed E-state index contributed by atoms with van der Waals surface area (Å²) in [7, 11) is 0. The first-order valence-corrected chi connectivity index (χ1v) is 14.5. The van der Waals surface area contributed by atoms with Crippen LogP contribution in [0.1, 0.15) is 22.3 Å². The topological polar surface area (TPSA) is 9.23 Å². The molecule has 1 aliphatic heterocycles. The molecular weight excluding hydrogens is 508 g/mol. The lowest BCUT2D eigenvalue weighted by atomic mass is 9.67. The molecule has 7 aromatic rings. The number of benzene rings is 7. The van der Waals surface area contributed by atoms with Crippen LogP contribution in [0, 0.1) is 0 Å². The summed E-state index contributed by atoms with van der Waals surface area (Å²) in [6, 6.07) is 57.2. The summed E-state index contributed by atoms with van der Waals surface area (Å²) in [6.07, 6.45) is 0. The molecule has 0 atom stereocenters. The summed E-state index contributed by atoms with van der Waals surface area (Å²) >= 11 is 0. The van der Waals surface area contributed by atoms with Crippen molar-refractivity contribution < 1.29 is 4.74 Å². The summed E-state index contributed by atoms with van der Waals surface area (Å²) in [4.78, 5) is 0. The second kappa shape index (κ2) is 8.80. The zero-order valence-corrected chi connectivity index (χ0v) is 22.9. The van der Waals surface area contributed by atoms with Gasteiger partial charge in [0, 0.05) is 16.5 Å². The van der Waals surface area contributed by atoms with Gasteiger partial charge in [0.15, 0.2) is 0 Å². The maximum absolute atomic E-state index is 6.72. The van der Waals surface area contributed by atoms with E-state index in [4.69, 9.17) is 4.74 Å². The van der Waals surface area contributed by atoms with Crippen molar-refractivity contribution in [3.8, 4) is 44.9 Å². The van der Waals surface area contributed by atoms with Crippen LogP contribution in [0.2, 0.25) is 0 Å². The van der Waals surface area contributed by atoms with Crippen molar-refractivity contribution in [2.45, 2.75) is 5.41 Å². The Bertz CT molecular complexity index is 2120. The van der Waals surface area contributed by atoms with E-state index >= 15 is 0 Å². The minimum Gasteiger partial charge on any atom is -0.455 e. The number of rotatable bonds is 3. The third-order valence-corrected chi connectivity index (χ3v) is 9.15. The molecule has 0 amide bonds. The largest absolute Gasteiger partial charge is 0.455 e. The summed E-state index contributed by atoms with van der Waals surface area (Å²) in [6.45, 7) is 0. The van der Waals surface area contributed by atoms with Gasteiger partial charge < -0.3 is 4.74 Å². The maximum Gasteiger partial charge on any atom is 0.143 e. The third-order valence-electron chi connectivity index (χ3n) is 9.15. The fraction of sp³-hybridized carbons (Fsp3) is 0.0244. The fourth-order valence-corrected chi connectivity index (χ4v) is 7.44. The monoisotopic (exact) mass is 534 g/mol. The van der Waals surface area contributed by atoms with Crippen molar-refractivity contribution in [2.75, 3.05) is 0 Å². The minimum absolute atomic E-state index is 0.432. The van der Waals surface area contributed by atoms with E-state index in [1.165, 1.54) is 49.7 Å². The van der Waals surface area contributed by atoms with Crippen molar-refractivity contribution in [1.82, 2.24) is 0 Å². The van der Waals surface area contributed by atoms with Gasteiger partial charge in [-0.1, -0.05) is 146 Å². The molecule has 196 valence electrons. The van der Waals surface area contributed by atoms with Gasteiger partial charge in [-0.3, -0.25) is 0 Å². The Morgan fingerprint density at radius 1 is 0.405 bits per heavy atom. The molecule has 42 heavy (non-hydrogen) atoms. The van der Waals surface area contributed by atoms with Gasteiger partial charge in [0.25, 0.3) is 0 Å². The number of ether oxygens (including phenoxy) is 1. The molecule has 0 bridgehead atoms. The van der Waals surface area contributed by atoms with Crippen molar-refractivity contribution in [1.29, 1.82) is 0 Å². The molecule has 0 saturated heterocycles. The highest BCUT2D eigenvalue weighted by molar-refractivity contribution is 6.05. The molecule has 1 nitrogen and oxygen atoms in total. The molecule has 9 rings (SSSR count). The van der Waals surface area contributed by atoms with E-state index in [1.54, 1.807) is 0 Å². The fourth-order valence-electron chi connectivity index (χ4n) is 7.44. The molecule has 0 N–H and O–H groups in total. The second-order valence-corrected chi connectivity index (χ2v) is 11.2. The highest BCUT2D eigenvalue weighted by Gasteiger charge is 2.45. The van der Waals surface area contributed by atoms with Gasteiger partial charge in [0.2, 0.25) is 0 Å². The molecular formula is C41H26O. The highest BCUT2D eigenvalue weighted by Crippen LogP contribution is 2.57. The van der Waals surface area contributed by atoms with Crippen molar-refractivity contribution in [3.05, 3.63) is 180 Å². The maximum atomic E-state index is 6.72. The normalized spacial score (nSPS) is 13.6. The number of hydrogen-bond acceptors (Lipinski definition) is 1. The van der Waals surface area contributed by atoms with Gasteiger partial charge in [-0.15, -0.1) is 0 Å². The van der Waals surface area contributed by atoms with Gasteiger partial charge in [-0.25, -0.2) is 0 Å². The van der Waals surface area contributed by atoms with Crippen LogP contribution in [0.15, 0.2) is 158 Å². The molecule has 1 heterocycles. The van der Waals surface area contributed by atoms with Crippen LogP contribution in [-0.2, 0) is 5.41 Å².